The van der Waals surface area contributed by atoms with E-state index in [9.17, 15) is 9.18 Å². The zero-order valence-electron chi connectivity index (χ0n) is 11.4. The third-order valence-electron chi connectivity index (χ3n) is 2.97. The minimum atomic E-state index is -1.45. The molecule has 0 aromatic carbocycles. The molecule has 2 unspecified atom stereocenters. The van der Waals surface area contributed by atoms with E-state index in [-0.39, 0.29) is 35.6 Å². The molecule has 0 aliphatic carbocycles. The highest BCUT2D eigenvalue weighted by molar-refractivity contribution is 5.94. The maximum atomic E-state index is 13.6. The molecular weight excluding hydrogens is 255 g/mol. The largest absolute Gasteiger partial charge is 0.358 e. The van der Waals surface area contributed by atoms with Crippen molar-refractivity contribution in [3.63, 3.8) is 0 Å². The summed E-state index contributed by atoms with van der Waals surface area (Å²) in [7, 11) is 0. The van der Waals surface area contributed by atoms with E-state index in [1.807, 2.05) is 20.8 Å². The van der Waals surface area contributed by atoms with Gasteiger partial charge in [-0.15, -0.1) is 0 Å². The van der Waals surface area contributed by atoms with Crippen LogP contribution in [0.25, 0.3) is 0 Å². The van der Waals surface area contributed by atoms with Crippen molar-refractivity contribution in [2.24, 2.45) is 5.92 Å². The average Bonchev–Trinajstić information content (AvgIpc) is 2.73. The Morgan fingerprint density at radius 3 is 2.58 bits per heavy atom. The van der Waals surface area contributed by atoms with Gasteiger partial charge in [-0.25, -0.2) is 9.28 Å². The Labute approximate surface area is 110 Å². The van der Waals surface area contributed by atoms with Crippen molar-refractivity contribution in [3.8, 4) is 0 Å². The average molecular weight is 274 g/mol. The number of hydrogen-bond acceptors (Lipinski definition) is 5. The quantitative estimate of drug-likeness (QED) is 0.615. The van der Waals surface area contributed by atoms with Gasteiger partial charge in [-0.1, -0.05) is 19.0 Å². The monoisotopic (exact) mass is 274 g/mol. The summed E-state index contributed by atoms with van der Waals surface area (Å²) in [5, 5.41) is 14.6. The summed E-state index contributed by atoms with van der Waals surface area (Å²) in [4.78, 5) is 15.9. The van der Waals surface area contributed by atoms with Crippen molar-refractivity contribution >= 4 is 5.91 Å². The summed E-state index contributed by atoms with van der Waals surface area (Å²) >= 11 is 0. The zero-order valence-corrected chi connectivity index (χ0v) is 11.4. The maximum Gasteiger partial charge on any atom is 0.274 e. The van der Waals surface area contributed by atoms with Gasteiger partial charge in [0.2, 0.25) is 0 Å². The van der Waals surface area contributed by atoms with Crippen LogP contribution in [0.5, 0.6) is 0 Å². The topological polar surface area (TPSA) is 84.6 Å². The fraction of sp³-hybridized carbons (Fsp3) is 0.667. The number of rotatable bonds is 6. The number of carbonyl (C=O) groups is 1. The molecule has 0 saturated carbocycles. The van der Waals surface area contributed by atoms with Crippen LogP contribution in [0, 0.1) is 5.92 Å². The number of carbonyl (C=O) groups excluding carboxylic acids is 1. The number of nitrogens with one attached hydrogen (secondary N) is 1. The van der Waals surface area contributed by atoms with Crippen LogP contribution in [0.4, 0.5) is 4.39 Å². The van der Waals surface area contributed by atoms with Crippen molar-refractivity contribution in [2.45, 2.75) is 46.5 Å². The second-order valence-electron chi connectivity index (χ2n) is 4.76. The standard InChI is InChI=1S/C12H19FN2O4/c1-6(2)8(4)14-12(16)11-10(7(3)13)9(5-18-17)19-15-11/h6-8,17H,5H2,1-4H3,(H,14,16). The molecule has 1 rings (SSSR count). The predicted molar refractivity (Wildman–Crippen MR) is 65.2 cm³/mol. The summed E-state index contributed by atoms with van der Waals surface area (Å²) in [6.07, 6.45) is -1.45. The van der Waals surface area contributed by atoms with Gasteiger partial charge in [0.1, 0.15) is 12.8 Å². The summed E-state index contributed by atoms with van der Waals surface area (Å²) < 4.78 is 18.4. The first-order valence-electron chi connectivity index (χ1n) is 6.08. The maximum absolute atomic E-state index is 13.6. The van der Waals surface area contributed by atoms with E-state index in [0.29, 0.717) is 0 Å². The summed E-state index contributed by atoms with van der Waals surface area (Å²) in [5.74, 6) is -0.268. The SMILES string of the molecule is CC(F)c1c(C(=O)NC(C)C(C)C)noc1COO. The van der Waals surface area contributed by atoms with E-state index >= 15 is 0 Å². The van der Waals surface area contributed by atoms with Gasteiger partial charge in [0.05, 0.1) is 5.56 Å². The van der Waals surface area contributed by atoms with Gasteiger partial charge < -0.3 is 9.84 Å². The smallest absolute Gasteiger partial charge is 0.274 e. The molecule has 0 aliphatic rings. The van der Waals surface area contributed by atoms with Gasteiger partial charge in [0.15, 0.2) is 11.5 Å². The Kier molecular flexibility index (Phi) is 5.44. The predicted octanol–water partition coefficient (Wildman–Crippen LogP) is 2.47. The zero-order chi connectivity index (χ0) is 14.6. The summed E-state index contributed by atoms with van der Waals surface area (Å²) in [5.41, 5.74) is -0.114. The third-order valence-corrected chi connectivity index (χ3v) is 2.97. The van der Waals surface area contributed by atoms with Crippen molar-refractivity contribution in [1.82, 2.24) is 10.5 Å². The molecule has 1 amide bonds. The molecule has 6 nitrogen and oxygen atoms in total. The summed E-state index contributed by atoms with van der Waals surface area (Å²) in [6, 6.07) is -0.0792. The van der Waals surface area contributed by atoms with Crippen molar-refractivity contribution in [3.05, 3.63) is 17.0 Å². The molecule has 0 fully saturated rings. The number of halogens is 1. The molecule has 2 atom stereocenters. The van der Waals surface area contributed by atoms with Crippen LogP contribution in [0.3, 0.4) is 0 Å². The molecule has 7 heteroatoms. The molecule has 1 heterocycles. The molecule has 0 aliphatic heterocycles. The summed E-state index contributed by atoms with van der Waals surface area (Å²) in [6.45, 7) is 6.66. The Morgan fingerprint density at radius 1 is 1.47 bits per heavy atom. The molecule has 2 N–H and O–H groups in total. The molecule has 19 heavy (non-hydrogen) atoms. The van der Waals surface area contributed by atoms with Gasteiger partial charge in [0, 0.05) is 6.04 Å². The lowest BCUT2D eigenvalue weighted by Gasteiger charge is -2.16. The van der Waals surface area contributed by atoms with Crippen LogP contribution in [-0.2, 0) is 11.5 Å². The van der Waals surface area contributed by atoms with E-state index in [4.69, 9.17) is 9.78 Å². The first kappa shape index (κ1) is 15.6. The van der Waals surface area contributed by atoms with Gasteiger partial charge in [-0.3, -0.25) is 10.1 Å². The van der Waals surface area contributed by atoms with Crippen LogP contribution in [-0.4, -0.2) is 22.4 Å². The lowest BCUT2D eigenvalue weighted by molar-refractivity contribution is -0.256. The highest BCUT2D eigenvalue weighted by Crippen LogP contribution is 2.25. The fourth-order valence-corrected chi connectivity index (χ4v) is 1.51. The Bertz CT molecular complexity index is 431. The van der Waals surface area contributed by atoms with E-state index in [1.54, 1.807) is 0 Å². The second kappa shape index (κ2) is 6.63. The minimum absolute atomic E-state index is 0.000139. The van der Waals surface area contributed by atoms with Crippen LogP contribution < -0.4 is 5.32 Å². The van der Waals surface area contributed by atoms with Crippen LogP contribution in [0.1, 0.15) is 55.7 Å². The molecule has 1 aromatic rings. The van der Waals surface area contributed by atoms with Crippen molar-refractivity contribution in [1.29, 1.82) is 0 Å². The van der Waals surface area contributed by atoms with Gasteiger partial charge in [-0.2, -0.15) is 0 Å². The second-order valence-corrected chi connectivity index (χ2v) is 4.76. The van der Waals surface area contributed by atoms with E-state index < -0.39 is 12.1 Å². The molecule has 0 spiro atoms. The van der Waals surface area contributed by atoms with Crippen LogP contribution in [0.15, 0.2) is 4.52 Å². The molecule has 108 valence electrons. The van der Waals surface area contributed by atoms with Gasteiger partial charge >= 0.3 is 0 Å². The third kappa shape index (κ3) is 3.74. The van der Waals surface area contributed by atoms with E-state index in [0.717, 1.165) is 0 Å². The first-order valence-corrected chi connectivity index (χ1v) is 6.08. The molecule has 0 radical (unpaired) electrons. The Morgan fingerprint density at radius 2 is 2.11 bits per heavy atom. The van der Waals surface area contributed by atoms with Crippen molar-refractivity contribution in [2.75, 3.05) is 0 Å². The number of hydrogen-bond donors (Lipinski definition) is 2. The fourth-order valence-electron chi connectivity index (χ4n) is 1.51. The van der Waals surface area contributed by atoms with Crippen molar-refractivity contribution < 1.29 is 23.9 Å². The Hall–Kier alpha value is -1.47. The van der Waals surface area contributed by atoms with E-state index in [2.05, 4.69) is 15.4 Å². The highest BCUT2D eigenvalue weighted by Gasteiger charge is 2.27. The van der Waals surface area contributed by atoms with Gasteiger partial charge in [-0.05, 0) is 19.8 Å². The lowest BCUT2D eigenvalue weighted by atomic mass is 10.1. The highest BCUT2D eigenvalue weighted by atomic mass is 19.1. The van der Waals surface area contributed by atoms with E-state index in [1.165, 1.54) is 6.92 Å². The van der Waals surface area contributed by atoms with Crippen LogP contribution >= 0.6 is 0 Å². The number of amides is 1. The normalized spacial score (nSPS) is 14.5. The number of aromatic nitrogens is 1. The molecule has 1 aromatic heterocycles. The Balaban J connectivity index is 2.96. The van der Waals surface area contributed by atoms with Gasteiger partial charge in [0.25, 0.3) is 5.91 Å². The molecule has 0 saturated heterocycles. The van der Waals surface area contributed by atoms with Crippen LogP contribution in [0.2, 0.25) is 0 Å². The number of alkyl halides is 1. The number of nitrogens with zero attached hydrogens (tertiary/aromatic N) is 1. The first-order chi connectivity index (χ1) is 8.88. The minimum Gasteiger partial charge on any atom is -0.358 e. The lowest BCUT2D eigenvalue weighted by Crippen LogP contribution is -2.36. The molecule has 0 bridgehead atoms. The molecular formula is C12H19FN2O4.